The highest BCUT2D eigenvalue weighted by molar-refractivity contribution is 14.1. The minimum atomic E-state index is -0.937. The molecule has 1 atom stereocenters. The van der Waals surface area contributed by atoms with Crippen LogP contribution in [0.15, 0.2) is 0 Å². The van der Waals surface area contributed by atoms with Gasteiger partial charge in [0.15, 0.2) is 0 Å². The SMILES string of the molecule is CC(C)(C)OC(=O)N[C@H](CI)CC(=O)O. The van der Waals surface area contributed by atoms with Crippen LogP contribution < -0.4 is 5.32 Å². The average Bonchev–Trinajstić information content (AvgIpc) is 1.98. The van der Waals surface area contributed by atoms with E-state index >= 15 is 0 Å². The molecule has 0 aliphatic carbocycles. The van der Waals surface area contributed by atoms with Gasteiger partial charge in [-0.25, -0.2) is 4.79 Å². The molecule has 0 aromatic heterocycles. The molecule has 0 aromatic carbocycles. The lowest BCUT2D eigenvalue weighted by Gasteiger charge is -2.22. The number of carboxylic acid groups (broad SMARTS) is 1. The normalized spacial score (nSPS) is 13.1. The Kier molecular flexibility index (Phi) is 5.92. The van der Waals surface area contributed by atoms with E-state index in [2.05, 4.69) is 5.32 Å². The van der Waals surface area contributed by atoms with E-state index in [4.69, 9.17) is 9.84 Å². The first-order valence-corrected chi connectivity index (χ1v) is 6.04. The maximum absolute atomic E-state index is 11.3. The van der Waals surface area contributed by atoms with Crippen LogP contribution in [-0.4, -0.2) is 33.2 Å². The average molecular weight is 329 g/mol. The Morgan fingerprint density at radius 2 is 2.00 bits per heavy atom. The highest BCUT2D eigenvalue weighted by atomic mass is 127. The molecular weight excluding hydrogens is 313 g/mol. The van der Waals surface area contributed by atoms with Crippen LogP contribution in [0.2, 0.25) is 0 Å². The molecule has 2 N–H and O–H groups in total. The number of hydrogen-bond donors (Lipinski definition) is 2. The smallest absolute Gasteiger partial charge is 0.407 e. The van der Waals surface area contributed by atoms with Gasteiger partial charge in [0.2, 0.25) is 0 Å². The number of alkyl carbamates (subject to hydrolysis) is 1. The summed E-state index contributed by atoms with van der Waals surface area (Å²) in [6.45, 7) is 5.26. The number of rotatable bonds is 4. The lowest BCUT2D eigenvalue weighted by molar-refractivity contribution is -0.137. The van der Waals surface area contributed by atoms with Crippen LogP contribution in [0.1, 0.15) is 27.2 Å². The zero-order valence-corrected chi connectivity index (χ0v) is 11.2. The Labute approximate surface area is 103 Å². The van der Waals surface area contributed by atoms with E-state index in [1.807, 2.05) is 22.6 Å². The third-order valence-electron chi connectivity index (χ3n) is 1.33. The van der Waals surface area contributed by atoms with E-state index < -0.39 is 23.7 Å². The second-order valence-corrected chi connectivity index (χ2v) is 4.98. The fourth-order valence-electron chi connectivity index (χ4n) is 0.829. The van der Waals surface area contributed by atoms with Crippen LogP contribution in [0.5, 0.6) is 0 Å². The first kappa shape index (κ1) is 14.5. The van der Waals surface area contributed by atoms with E-state index in [-0.39, 0.29) is 6.42 Å². The van der Waals surface area contributed by atoms with Gasteiger partial charge in [0.25, 0.3) is 0 Å². The Hall–Kier alpha value is -0.530. The lowest BCUT2D eigenvalue weighted by atomic mass is 10.2. The molecule has 0 radical (unpaired) electrons. The molecule has 5 nitrogen and oxygen atoms in total. The molecule has 0 bridgehead atoms. The van der Waals surface area contributed by atoms with E-state index in [9.17, 15) is 9.59 Å². The number of alkyl halides is 1. The number of amides is 1. The summed E-state index contributed by atoms with van der Waals surface area (Å²) in [5.41, 5.74) is -0.566. The quantitative estimate of drug-likeness (QED) is 0.609. The predicted molar refractivity (Wildman–Crippen MR) is 64.3 cm³/mol. The first-order chi connectivity index (χ1) is 6.74. The zero-order valence-electron chi connectivity index (χ0n) is 9.04. The molecule has 0 rings (SSSR count). The first-order valence-electron chi connectivity index (χ1n) is 4.52. The molecule has 6 heteroatoms. The molecule has 0 aliphatic heterocycles. The second-order valence-electron chi connectivity index (χ2n) is 4.10. The summed E-state index contributed by atoms with van der Waals surface area (Å²) < 4.78 is 5.54. The predicted octanol–water partition coefficient (Wildman–Crippen LogP) is 1.79. The molecule has 88 valence electrons. The van der Waals surface area contributed by atoms with Crippen molar-refractivity contribution in [3.05, 3.63) is 0 Å². The van der Waals surface area contributed by atoms with Crippen LogP contribution in [-0.2, 0) is 9.53 Å². The molecule has 0 fully saturated rings. The Balaban J connectivity index is 4.07. The van der Waals surface area contributed by atoms with Gasteiger partial charge in [-0.1, -0.05) is 22.6 Å². The van der Waals surface area contributed by atoms with Crippen molar-refractivity contribution in [2.24, 2.45) is 0 Å². The summed E-state index contributed by atoms with van der Waals surface area (Å²) in [4.78, 5) is 21.7. The Bertz CT molecular complexity index is 237. The Morgan fingerprint density at radius 1 is 1.47 bits per heavy atom. The molecule has 0 spiro atoms. The molecule has 0 heterocycles. The Morgan fingerprint density at radius 3 is 2.33 bits per heavy atom. The van der Waals surface area contributed by atoms with Gasteiger partial charge in [-0.2, -0.15) is 0 Å². The monoisotopic (exact) mass is 329 g/mol. The van der Waals surface area contributed by atoms with Crippen molar-refractivity contribution in [1.82, 2.24) is 5.32 Å². The molecule has 1 amide bonds. The maximum Gasteiger partial charge on any atom is 0.407 e. The van der Waals surface area contributed by atoms with Crippen LogP contribution in [0, 0.1) is 0 Å². The molecule has 0 aromatic rings. The molecular formula is C9H16INO4. The molecule has 0 unspecified atom stereocenters. The summed E-state index contributed by atoms with van der Waals surface area (Å²) in [7, 11) is 0. The third-order valence-corrected chi connectivity index (χ3v) is 2.39. The lowest BCUT2D eigenvalue weighted by Crippen LogP contribution is -2.41. The number of carboxylic acids is 1. The van der Waals surface area contributed by atoms with E-state index in [0.717, 1.165) is 0 Å². The summed E-state index contributed by atoms with van der Waals surface area (Å²) >= 11 is 2.02. The molecule has 15 heavy (non-hydrogen) atoms. The van der Waals surface area contributed by atoms with Crippen LogP contribution in [0.3, 0.4) is 0 Å². The third kappa shape index (κ3) is 8.46. The topological polar surface area (TPSA) is 75.6 Å². The van der Waals surface area contributed by atoms with Gasteiger partial charge >= 0.3 is 12.1 Å². The fraction of sp³-hybridized carbons (Fsp3) is 0.778. The number of hydrogen-bond acceptors (Lipinski definition) is 3. The van der Waals surface area contributed by atoms with E-state index in [1.165, 1.54) is 0 Å². The zero-order chi connectivity index (χ0) is 12.1. The number of halogens is 1. The summed E-state index contributed by atoms with van der Waals surface area (Å²) in [5, 5.41) is 11.1. The highest BCUT2D eigenvalue weighted by Gasteiger charge is 2.20. The maximum atomic E-state index is 11.3. The highest BCUT2D eigenvalue weighted by Crippen LogP contribution is 2.07. The van der Waals surface area contributed by atoms with Gasteiger partial charge < -0.3 is 15.2 Å². The summed E-state index contributed by atoms with van der Waals surface area (Å²) in [5.74, 6) is -0.937. The van der Waals surface area contributed by atoms with E-state index in [1.54, 1.807) is 20.8 Å². The van der Waals surface area contributed by atoms with Gasteiger partial charge in [0.1, 0.15) is 5.60 Å². The molecule has 0 saturated carbocycles. The standard InChI is InChI=1S/C9H16INO4/c1-9(2,3)15-8(14)11-6(5-10)4-7(12)13/h6H,4-5H2,1-3H3,(H,11,14)(H,12,13)/t6-/m0/s1. The van der Waals surface area contributed by atoms with Crippen molar-refractivity contribution < 1.29 is 19.4 Å². The van der Waals surface area contributed by atoms with Gasteiger partial charge in [-0.3, -0.25) is 4.79 Å². The minimum Gasteiger partial charge on any atom is -0.481 e. The molecule has 0 aliphatic rings. The van der Waals surface area contributed by atoms with Crippen molar-refractivity contribution in [3.63, 3.8) is 0 Å². The van der Waals surface area contributed by atoms with Crippen LogP contribution in [0.25, 0.3) is 0 Å². The van der Waals surface area contributed by atoms with Crippen LogP contribution in [0.4, 0.5) is 4.79 Å². The number of carbonyl (C=O) groups excluding carboxylic acids is 1. The number of nitrogens with one attached hydrogen (secondary N) is 1. The van der Waals surface area contributed by atoms with Gasteiger partial charge in [0, 0.05) is 4.43 Å². The van der Waals surface area contributed by atoms with Crippen molar-refractivity contribution in [3.8, 4) is 0 Å². The van der Waals surface area contributed by atoms with Crippen molar-refractivity contribution in [1.29, 1.82) is 0 Å². The summed E-state index contributed by atoms with van der Waals surface area (Å²) in [6, 6.07) is -0.391. The minimum absolute atomic E-state index is 0.0951. The largest absolute Gasteiger partial charge is 0.481 e. The van der Waals surface area contributed by atoms with Gasteiger partial charge in [-0.05, 0) is 20.8 Å². The van der Waals surface area contributed by atoms with Crippen molar-refractivity contribution in [2.75, 3.05) is 4.43 Å². The van der Waals surface area contributed by atoms with Crippen LogP contribution >= 0.6 is 22.6 Å². The van der Waals surface area contributed by atoms with Crippen molar-refractivity contribution in [2.45, 2.75) is 38.8 Å². The summed E-state index contributed by atoms with van der Waals surface area (Å²) in [6.07, 6.45) is -0.673. The number of aliphatic carboxylic acids is 1. The fourth-order valence-corrected chi connectivity index (χ4v) is 1.36. The number of ether oxygens (including phenoxy) is 1. The number of carbonyl (C=O) groups is 2. The van der Waals surface area contributed by atoms with Gasteiger partial charge in [-0.15, -0.1) is 0 Å². The van der Waals surface area contributed by atoms with Gasteiger partial charge in [0.05, 0.1) is 12.5 Å². The van der Waals surface area contributed by atoms with Crippen molar-refractivity contribution >= 4 is 34.7 Å². The second kappa shape index (κ2) is 6.14. The van der Waals surface area contributed by atoms with E-state index in [0.29, 0.717) is 4.43 Å². The molecule has 0 saturated heterocycles.